The van der Waals surface area contributed by atoms with Crippen molar-refractivity contribution in [2.75, 3.05) is 25.1 Å². The molecule has 2 atom stereocenters. The lowest BCUT2D eigenvalue weighted by Gasteiger charge is -2.41. The Morgan fingerprint density at radius 2 is 2.20 bits per heavy atom. The molecule has 1 fully saturated rings. The van der Waals surface area contributed by atoms with Crippen molar-refractivity contribution >= 4 is 21.6 Å². The van der Waals surface area contributed by atoms with Gasteiger partial charge < -0.3 is 15.0 Å². The molecule has 1 heterocycles. The quantitative estimate of drug-likeness (QED) is 0.904. The summed E-state index contributed by atoms with van der Waals surface area (Å²) in [5.74, 6) is 1.61. The van der Waals surface area contributed by atoms with E-state index in [9.17, 15) is 0 Å². The molecule has 20 heavy (non-hydrogen) atoms. The summed E-state index contributed by atoms with van der Waals surface area (Å²) in [6.07, 6.45) is 1.22. The molecule has 1 aliphatic rings. The molecule has 0 amide bonds. The Hall–Kier alpha value is -0.740. The normalized spacial score (nSPS) is 23.2. The van der Waals surface area contributed by atoms with Crippen LogP contribution in [-0.4, -0.2) is 32.3 Å². The van der Waals surface area contributed by atoms with Crippen LogP contribution >= 0.6 is 15.9 Å². The summed E-state index contributed by atoms with van der Waals surface area (Å²) in [5.41, 5.74) is 1.26. The largest absolute Gasteiger partial charge is 0.496 e. The molecule has 2 unspecified atom stereocenters. The van der Waals surface area contributed by atoms with Crippen LogP contribution in [0.15, 0.2) is 22.7 Å². The number of hydrogen-bond acceptors (Lipinski definition) is 3. The van der Waals surface area contributed by atoms with Crippen LogP contribution < -0.4 is 15.0 Å². The van der Waals surface area contributed by atoms with Crippen LogP contribution in [0.25, 0.3) is 0 Å². The van der Waals surface area contributed by atoms with Crippen LogP contribution in [-0.2, 0) is 0 Å². The first-order valence-corrected chi connectivity index (χ1v) is 8.14. The second kappa shape index (κ2) is 6.81. The third-order valence-electron chi connectivity index (χ3n) is 3.87. The molecule has 0 saturated carbocycles. The minimum Gasteiger partial charge on any atom is -0.496 e. The van der Waals surface area contributed by atoms with Gasteiger partial charge in [0.05, 0.1) is 11.6 Å². The van der Waals surface area contributed by atoms with Crippen LogP contribution in [0, 0.1) is 5.92 Å². The summed E-state index contributed by atoms with van der Waals surface area (Å²) >= 11 is 3.58. The van der Waals surface area contributed by atoms with E-state index in [0.717, 1.165) is 29.2 Å². The summed E-state index contributed by atoms with van der Waals surface area (Å²) in [4.78, 5) is 2.49. The maximum atomic E-state index is 5.31. The predicted octanol–water partition coefficient (Wildman–Crippen LogP) is 3.67. The molecule has 3 nitrogen and oxygen atoms in total. The number of hydrogen-bond donors (Lipinski definition) is 1. The zero-order chi connectivity index (χ0) is 14.7. The molecular formula is C16H25BrN2O. The lowest BCUT2D eigenvalue weighted by atomic mass is 9.99. The van der Waals surface area contributed by atoms with Crippen LogP contribution in [0.2, 0.25) is 0 Å². The molecule has 1 aromatic carbocycles. The fourth-order valence-electron chi connectivity index (χ4n) is 2.85. The SMILES string of the molecule is COc1ccc(N2CC(CC(C)C)NCC2C)cc1Br. The molecule has 0 aromatic heterocycles. The standard InChI is InChI=1S/C16H25BrN2O/c1-11(2)7-13-10-19(12(3)9-18-13)14-5-6-16(20-4)15(17)8-14/h5-6,8,11-13,18H,7,9-10H2,1-4H3. The van der Waals surface area contributed by atoms with E-state index in [2.05, 4.69) is 59.1 Å². The van der Waals surface area contributed by atoms with Crippen LogP contribution in [0.3, 0.4) is 0 Å². The summed E-state index contributed by atoms with van der Waals surface area (Å²) in [7, 11) is 1.70. The minimum atomic E-state index is 0.513. The number of methoxy groups -OCH3 is 1. The number of anilines is 1. The van der Waals surface area contributed by atoms with E-state index >= 15 is 0 Å². The van der Waals surface area contributed by atoms with E-state index in [1.54, 1.807) is 7.11 Å². The van der Waals surface area contributed by atoms with Gasteiger partial charge in [0, 0.05) is 30.9 Å². The van der Waals surface area contributed by atoms with Gasteiger partial charge in [0.15, 0.2) is 0 Å². The first-order chi connectivity index (χ1) is 9.51. The third kappa shape index (κ3) is 3.67. The smallest absolute Gasteiger partial charge is 0.133 e. The molecule has 0 bridgehead atoms. The van der Waals surface area contributed by atoms with Gasteiger partial charge in [-0.05, 0) is 53.4 Å². The highest BCUT2D eigenvalue weighted by atomic mass is 79.9. The Morgan fingerprint density at radius 1 is 1.45 bits per heavy atom. The van der Waals surface area contributed by atoms with Crippen molar-refractivity contribution in [1.82, 2.24) is 5.32 Å². The van der Waals surface area contributed by atoms with Crippen molar-refractivity contribution in [3.8, 4) is 5.75 Å². The zero-order valence-corrected chi connectivity index (χ0v) is 14.4. The molecule has 1 aliphatic heterocycles. The fourth-order valence-corrected chi connectivity index (χ4v) is 3.38. The van der Waals surface area contributed by atoms with Crippen molar-refractivity contribution in [2.24, 2.45) is 5.92 Å². The number of piperazine rings is 1. The lowest BCUT2D eigenvalue weighted by molar-refractivity contribution is 0.355. The van der Waals surface area contributed by atoms with Crippen molar-refractivity contribution in [3.63, 3.8) is 0 Å². The highest BCUT2D eigenvalue weighted by Gasteiger charge is 2.25. The van der Waals surface area contributed by atoms with E-state index in [4.69, 9.17) is 4.74 Å². The summed E-state index contributed by atoms with van der Waals surface area (Å²) in [6.45, 7) is 8.96. The Balaban J connectivity index is 2.14. The van der Waals surface area contributed by atoms with Crippen molar-refractivity contribution in [3.05, 3.63) is 22.7 Å². The molecule has 1 aromatic rings. The van der Waals surface area contributed by atoms with Crippen molar-refractivity contribution in [1.29, 1.82) is 0 Å². The van der Waals surface area contributed by atoms with E-state index in [1.807, 2.05) is 6.07 Å². The molecule has 2 rings (SSSR count). The molecule has 112 valence electrons. The number of rotatable bonds is 4. The van der Waals surface area contributed by atoms with Crippen LogP contribution in [0.5, 0.6) is 5.75 Å². The van der Waals surface area contributed by atoms with E-state index in [1.165, 1.54) is 12.1 Å². The van der Waals surface area contributed by atoms with Crippen molar-refractivity contribution in [2.45, 2.75) is 39.3 Å². The van der Waals surface area contributed by atoms with Gasteiger partial charge in [-0.15, -0.1) is 0 Å². The van der Waals surface area contributed by atoms with Gasteiger partial charge in [0.1, 0.15) is 5.75 Å². The summed E-state index contributed by atoms with van der Waals surface area (Å²) in [5, 5.41) is 3.66. The van der Waals surface area contributed by atoms with E-state index in [-0.39, 0.29) is 0 Å². The summed E-state index contributed by atoms with van der Waals surface area (Å²) in [6, 6.07) is 7.43. The van der Waals surface area contributed by atoms with Gasteiger partial charge in [-0.1, -0.05) is 13.8 Å². The maximum absolute atomic E-state index is 5.31. The summed E-state index contributed by atoms with van der Waals surface area (Å²) < 4.78 is 6.33. The topological polar surface area (TPSA) is 24.5 Å². The third-order valence-corrected chi connectivity index (χ3v) is 4.49. The van der Waals surface area contributed by atoms with Gasteiger partial charge in [-0.2, -0.15) is 0 Å². The second-order valence-corrected chi connectivity index (χ2v) is 6.91. The Labute approximate surface area is 130 Å². The number of nitrogens with zero attached hydrogens (tertiary/aromatic N) is 1. The number of nitrogens with one attached hydrogen (secondary N) is 1. The highest BCUT2D eigenvalue weighted by molar-refractivity contribution is 9.10. The first kappa shape index (κ1) is 15.6. The highest BCUT2D eigenvalue weighted by Crippen LogP contribution is 2.31. The van der Waals surface area contributed by atoms with Gasteiger partial charge in [-0.25, -0.2) is 0 Å². The molecule has 1 N–H and O–H groups in total. The van der Waals surface area contributed by atoms with E-state index in [0.29, 0.717) is 12.1 Å². The second-order valence-electron chi connectivity index (χ2n) is 6.05. The Kier molecular flexibility index (Phi) is 5.33. The monoisotopic (exact) mass is 340 g/mol. The zero-order valence-electron chi connectivity index (χ0n) is 12.8. The predicted molar refractivity (Wildman–Crippen MR) is 88.7 cm³/mol. The molecule has 1 saturated heterocycles. The molecular weight excluding hydrogens is 316 g/mol. The maximum Gasteiger partial charge on any atom is 0.133 e. The number of benzene rings is 1. The molecule has 0 spiro atoms. The Morgan fingerprint density at radius 3 is 2.80 bits per heavy atom. The average molecular weight is 341 g/mol. The van der Waals surface area contributed by atoms with Crippen LogP contribution in [0.1, 0.15) is 27.2 Å². The van der Waals surface area contributed by atoms with Gasteiger partial charge >= 0.3 is 0 Å². The fraction of sp³-hybridized carbons (Fsp3) is 0.625. The van der Waals surface area contributed by atoms with Gasteiger partial charge in [-0.3, -0.25) is 0 Å². The van der Waals surface area contributed by atoms with Crippen molar-refractivity contribution < 1.29 is 4.74 Å². The molecule has 0 aliphatic carbocycles. The van der Waals surface area contributed by atoms with Crippen LogP contribution in [0.4, 0.5) is 5.69 Å². The number of ether oxygens (including phenoxy) is 1. The van der Waals surface area contributed by atoms with Gasteiger partial charge in [0.25, 0.3) is 0 Å². The molecule has 4 heteroatoms. The minimum absolute atomic E-state index is 0.513. The number of halogens is 1. The van der Waals surface area contributed by atoms with Gasteiger partial charge in [0.2, 0.25) is 0 Å². The first-order valence-electron chi connectivity index (χ1n) is 7.34. The Bertz CT molecular complexity index is 450. The average Bonchev–Trinajstić information content (AvgIpc) is 2.40. The molecule has 0 radical (unpaired) electrons. The lowest BCUT2D eigenvalue weighted by Crippen LogP contribution is -2.55. The van der Waals surface area contributed by atoms with E-state index < -0.39 is 0 Å².